The number of carboxylic acid groups (broad SMARTS) is 1. The lowest BCUT2D eigenvalue weighted by molar-refractivity contribution is 0.0543. The zero-order valence-corrected chi connectivity index (χ0v) is 17.2. The zero-order valence-electron chi connectivity index (χ0n) is 17.2. The highest BCUT2D eigenvalue weighted by atomic mass is 16.6. The van der Waals surface area contributed by atoms with Gasteiger partial charge >= 0.3 is 18.2 Å². The zero-order chi connectivity index (χ0) is 21.7. The van der Waals surface area contributed by atoms with E-state index in [1.807, 2.05) is 0 Å². The molecule has 0 bridgehead atoms. The van der Waals surface area contributed by atoms with E-state index in [4.69, 9.17) is 14.6 Å². The number of nitrogens with one attached hydrogen (secondary N) is 2. The molecule has 28 heavy (non-hydrogen) atoms. The molecule has 0 aliphatic carbocycles. The molecule has 0 atom stereocenters. The Kier molecular flexibility index (Phi) is 7.15. The van der Waals surface area contributed by atoms with Crippen molar-refractivity contribution in [3.05, 3.63) is 29.3 Å². The molecule has 9 nitrogen and oxygen atoms in total. The molecule has 0 saturated heterocycles. The second kappa shape index (κ2) is 8.73. The Morgan fingerprint density at radius 3 is 1.75 bits per heavy atom. The summed E-state index contributed by atoms with van der Waals surface area (Å²) in [5.74, 6) is -1.28. The number of aromatic carboxylic acids is 1. The molecule has 3 N–H and O–H groups in total. The van der Waals surface area contributed by atoms with Crippen LogP contribution in [0.25, 0.3) is 0 Å². The van der Waals surface area contributed by atoms with Crippen molar-refractivity contribution in [3.63, 3.8) is 0 Å². The number of guanidine groups is 1. The number of alkyl carbamates (subject to hydrolysis) is 2. The quantitative estimate of drug-likeness (QED) is 0.519. The average molecular weight is 393 g/mol. The largest absolute Gasteiger partial charge is 0.478 e. The first-order valence-electron chi connectivity index (χ1n) is 8.59. The Bertz CT molecular complexity index is 756. The van der Waals surface area contributed by atoms with Crippen LogP contribution in [0.4, 0.5) is 15.3 Å². The Balaban J connectivity index is 3.13. The SMILES string of the molecule is Cc1cc(N=C(NC(=O)OC(C)(C)C)NC(=O)OC(C)(C)C)ccc1C(=O)O. The van der Waals surface area contributed by atoms with Gasteiger partial charge in [0.25, 0.3) is 0 Å². The summed E-state index contributed by atoms with van der Waals surface area (Å²) in [4.78, 5) is 39.4. The topological polar surface area (TPSA) is 126 Å². The molecular formula is C19H27N3O6. The first-order valence-corrected chi connectivity index (χ1v) is 8.59. The molecule has 0 aromatic heterocycles. The summed E-state index contributed by atoms with van der Waals surface area (Å²) in [6.07, 6.45) is -1.64. The molecule has 2 amide bonds. The van der Waals surface area contributed by atoms with E-state index in [9.17, 15) is 14.4 Å². The first kappa shape index (κ1) is 22.9. The predicted octanol–water partition coefficient (Wildman–Crippen LogP) is 3.73. The minimum absolute atomic E-state index is 0.126. The summed E-state index contributed by atoms with van der Waals surface area (Å²) in [6.45, 7) is 11.8. The third-order valence-electron chi connectivity index (χ3n) is 2.92. The fourth-order valence-corrected chi connectivity index (χ4v) is 1.97. The lowest BCUT2D eigenvalue weighted by Gasteiger charge is -2.22. The normalized spacial score (nSPS) is 11.2. The summed E-state index contributed by atoms with van der Waals surface area (Å²) in [7, 11) is 0. The Labute approximate surface area is 164 Å². The Morgan fingerprint density at radius 1 is 0.929 bits per heavy atom. The van der Waals surface area contributed by atoms with Gasteiger partial charge in [-0.3, -0.25) is 10.6 Å². The smallest absolute Gasteiger partial charge is 0.414 e. The van der Waals surface area contributed by atoms with Crippen LogP contribution in [0.1, 0.15) is 57.5 Å². The van der Waals surface area contributed by atoms with E-state index in [1.54, 1.807) is 48.5 Å². The van der Waals surface area contributed by atoms with Crippen LogP contribution in [0.3, 0.4) is 0 Å². The van der Waals surface area contributed by atoms with Gasteiger partial charge in [-0.25, -0.2) is 19.4 Å². The highest BCUT2D eigenvalue weighted by molar-refractivity contribution is 6.02. The van der Waals surface area contributed by atoms with E-state index in [1.165, 1.54) is 18.2 Å². The fourth-order valence-electron chi connectivity index (χ4n) is 1.97. The number of nitrogens with zero attached hydrogens (tertiary/aromatic N) is 1. The summed E-state index contributed by atoms with van der Waals surface area (Å²) in [5.41, 5.74) is -0.574. The summed E-state index contributed by atoms with van der Waals surface area (Å²) >= 11 is 0. The molecule has 0 radical (unpaired) electrons. The Morgan fingerprint density at radius 2 is 1.39 bits per heavy atom. The van der Waals surface area contributed by atoms with E-state index < -0.39 is 29.4 Å². The molecule has 0 unspecified atom stereocenters. The number of rotatable bonds is 2. The molecule has 154 valence electrons. The van der Waals surface area contributed by atoms with Crippen molar-refractivity contribution < 1.29 is 29.0 Å². The van der Waals surface area contributed by atoms with Gasteiger partial charge < -0.3 is 14.6 Å². The third kappa shape index (κ3) is 8.52. The maximum atomic E-state index is 12.1. The van der Waals surface area contributed by atoms with Crippen molar-refractivity contribution in [3.8, 4) is 0 Å². The van der Waals surface area contributed by atoms with E-state index in [-0.39, 0.29) is 11.5 Å². The van der Waals surface area contributed by atoms with Crippen LogP contribution in [-0.4, -0.2) is 40.4 Å². The Hall–Kier alpha value is -3.10. The van der Waals surface area contributed by atoms with Gasteiger partial charge in [0.15, 0.2) is 0 Å². The number of hydrogen-bond donors (Lipinski definition) is 3. The van der Waals surface area contributed by atoms with E-state index in [0.29, 0.717) is 11.3 Å². The monoisotopic (exact) mass is 393 g/mol. The minimum atomic E-state index is -1.06. The van der Waals surface area contributed by atoms with Crippen molar-refractivity contribution in [1.29, 1.82) is 0 Å². The summed E-state index contributed by atoms with van der Waals surface area (Å²) < 4.78 is 10.3. The van der Waals surface area contributed by atoms with Crippen LogP contribution in [0, 0.1) is 6.92 Å². The van der Waals surface area contributed by atoms with Crippen molar-refractivity contribution >= 4 is 29.8 Å². The van der Waals surface area contributed by atoms with Crippen LogP contribution in [0.2, 0.25) is 0 Å². The van der Waals surface area contributed by atoms with Crippen molar-refractivity contribution in [1.82, 2.24) is 10.6 Å². The fraction of sp³-hybridized carbons (Fsp3) is 0.474. The number of hydrogen-bond acceptors (Lipinski definition) is 6. The third-order valence-corrected chi connectivity index (χ3v) is 2.92. The lowest BCUT2D eigenvalue weighted by Crippen LogP contribution is -2.47. The molecule has 9 heteroatoms. The van der Waals surface area contributed by atoms with Gasteiger partial charge in [-0.15, -0.1) is 0 Å². The second-order valence-electron chi connectivity index (χ2n) is 8.02. The number of carbonyl (C=O) groups excluding carboxylic acids is 2. The van der Waals surface area contributed by atoms with Gasteiger partial charge in [0, 0.05) is 0 Å². The molecule has 0 saturated carbocycles. The van der Waals surface area contributed by atoms with Crippen molar-refractivity contribution in [2.75, 3.05) is 0 Å². The van der Waals surface area contributed by atoms with Crippen molar-refractivity contribution in [2.45, 2.75) is 59.7 Å². The number of carbonyl (C=O) groups is 3. The minimum Gasteiger partial charge on any atom is -0.478 e. The van der Waals surface area contributed by atoms with E-state index >= 15 is 0 Å². The summed E-state index contributed by atoms with van der Waals surface area (Å²) in [5, 5.41) is 13.8. The molecule has 1 aromatic rings. The average Bonchev–Trinajstić information content (AvgIpc) is 2.42. The molecule has 0 heterocycles. The highest BCUT2D eigenvalue weighted by Crippen LogP contribution is 2.18. The van der Waals surface area contributed by atoms with Crippen molar-refractivity contribution in [2.24, 2.45) is 4.99 Å². The second-order valence-corrected chi connectivity index (χ2v) is 8.02. The van der Waals surface area contributed by atoms with E-state index in [2.05, 4.69) is 15.6 Å². The maximum Gasteiger partial charge on any atom is 0.414 e. The molecule has 1 rings (SSSR count). The predicted molar refractivity (Wildman–Crippen MR) is 104 cm³/mol. The van der Waals surface area contributed by atoms with Crippen LogP contribution in [0.5, 0.6) is 0 Å². The molecule has 0 aliphatic rings. The van der Waals surface area contributed by atoms with Gasteiger partial charge in [0.05, 0.1) is 11.3 Å². The van der Waals surface area contributed by atoms with Gasteiger partial charge in [-0.2, -0.15) is 0 Å². The first-order chi connectivity index (χ1) is 12.7. The van der Waals surface area contributed by atoms with Gasteiger partial charge in [0.2, 0.25) is 5.96 Å². The number of carboxylic acids is 1. The van der Waals surface area contributed by atoms with Gasteiger partial charge in [-0.1, -0.05) is 0 Å². The highest BCUT2D eigenvalue weighted by Gasteiger charge is 2.21. The number of amides is 2. The summed E-state index contributed by atoms with van der Waals surface area (Å²) in [6, 6.07) is 4.34. The molecule has 1 aromatic carbocycles. The number of aryl methyl sites for hydroxylation is 1. The van der Waals surface area contributed by atoms with Crippen LogP contribution in [-0.2, 0) is 9.47 Å². The maximum absolute atomic E-state index is 12.1. The van der Waals surface area contributed by atoms with Crippen LogP contribution >= 0.6 is 0 Å². The standard InChI is InChI=1S/C19H27N3O6/c1-11-10-12(8-9-13(11)14(23)24)20-15(21-16(25)27-18(2,3)4)22-17(26)28-19(5,6)7/h8-10H,1-7H3,(H,23,24)(H2,20,21,22,25,26). The van der Waals surface area contributed by atoms with Gasteiger partial charge in [0.1, 0.15) is 11.2 Å². The molecule has 0 fully saturated rings. The van der Waals surface area contributed by atoms with Gasteiger partial charge in [-0.05, 0) is 72.2 Å². The lowest BCUT2D eigenvalue weighted by atomic mass is 10.1. The number of aliphatic imine (C=N–C) groups is 1. The molecule has 0 spiro atoms. The van der Waals surface area contributed by atoms with Crippen LogP contribution < -0.4 is 10.6 Å². The molecule has 0 aliphatic heterocycles. The number of ether oxygens (including phenoxy) is 2. The van der Waals surface area contributed by atoms with E-state index in [0.717, 1.165) is 0 Å². The van der Waals surface area contributed by atoms with Crippen LogP contribution in [0.15, 0.2) is 23.2 Å². The molecular weight excluding hydrogens is 366 g/mol. The number of benzene rings is 1.